The van der Waals surface area contributed by atoms with Gasteiger partial charge in [0.25, 0.3) is 5.56 Å². The van der Waals surface area contributed by atoms with Crippen LogP contribution in [0.15, 0.2) is 59.0 Å². The molecule has 1 amide bonds. The molecule has 2 heterocycles. The first-order valence-electron chi connectivity index (χ1n) is 10.1. The molecule has 2 aromatic heterocycles. The predicted molar refractivity (Wildman–Crippen MR) is 127 cm³/mol. The van der Waals surface area contributed by atoms with E-state index in [4.69, 9.17) is 9.47 Å². The summed E-state index contributed by atoms with van der Waals surface area (Å²) in [4.78, 5) is 30.8. The minimum atomic E-state index is -0.291. The van der Waals surface area contributed by atoms with Crippen LogP contribution in [-0.4, -0.2) is 29.7 Å². The number of carbonyl (C=O) groups excluding carboxylic acids is 1. The molecule has 1 N–H and O–H groups in total. The molecule has 0 aliphatic rings. The molecule has 0 aliphatic carbocycles. The number of hydrogen-bond donors (Lipinski definition) is 1. The smallest absolute Gasteiger partial charge is 0.263 e. The van der Waals surface area contributed by atoms with Gasteiger partial charge >= 0.3 is 0 Å². The number of thiophene rings is 1. The topological polar surface area (TPSA) is 82.5 Å². The molecule has 32 heavy (non-hydrogen) atoms. The molecule has 0 saturated heterocycles. The molecule has 0 fully saturated rings. The molecule has 0 bridgehead atoms. The van der Waals surface area contributed by atoms with Crippen molar-refractivity contribution >= 4 is 33.1 Å². The summed E-state index contributed by atoms with van der Waals surface area (Å²) in [7, 11) is 3.14. The largest absolute Gasteiger partial charge is 0.493 e. The molecule has 4 aromatic rings. The number of fused-ring (bicyclic) bond motifs is 1. The highest BCUT2D eigenvalue weighted by molar-refractivity contribution is 7.17. The number of methoxy groups -OCH3 is 2. The van der Waals surface area contributed by atoms with E-state index in [1.165, 1.54) is 27.8 Å². The van der Waals surface area contributed by atoms with Gasteiger partial charge in [0.15, 0.2) is 11.5 Å². The second-order valence-corrected chi connectivity index (χ2v) is 8.03. The average molecular weight is 450 g/mol. The zero-order chi connectivity index (χ0) is 22.7. The zero-order valence-electron chi connectivity index (χ0n) is 18.0. The van der Waals surface area contributed by atoms with Crippen molar-refractivity contribution in [1.82, 2.24) is 9.55 Å². The van der Waals surface area contributed by atoms with Crippen molar-refractivity contribution in [3.63, 3.8) is 0 Å². The molecule has 0 radical (unpaired) electrons. The Morgan fingerprint density at radius 3 is 2.53 bits per heavy atom. The zero-order valence-corrected chi connectivity index (χ0v) is 18.9. The Balaban J connectivity index is 1.64. The highest BCUT2D eigenvalue weighted by Gasteiger charge is 2.16. The van der Waals surface area contributed by atoms with Crippen molar-refractivity contribution < 1.29 is 14.3 Å². The summed E-state index contributed by atoms with van der Waals surface area (Å²) in [6.07, 6.45) is 2.34. The third-order valence-electron chi connectivity index (χ3n) is 5.22. The van der Waals surface area contributed by atoms with E-state index >= 15 is 0 Å². The number of hydrogen-bond acceptors (Lipinski definition) is 6. The van der Waals surface area contributed by atoms with E-state index < -0.39 is 0 Å². The van der Waals surface area contributed by atoms with E-state index in [-0.39, 0.29) is 18.0 Å². The van der Waals surface area contributed by atoms with Gasteiger partial charge in [-0.1, -0.05) is 25.1 Å². The van der Waals surface area contributed by atoms with E-state index in [1.807, 2.05) is 41.8 Å². The van der Waals surface area contributed by atoms with Crippen LogP contribution in [0.5, 0.6) is 11.5 Å². The van der Waals surface area contributed by atoms with Crippen molar-refractivity contribution in [2.24, 2.45) is 0 Å². The van der Waals surface area contributed by atoms with Gasteiger partial charge in [-0.15, -0.1) is 11.3 Å². The first-order valence-corrected chi connectivity index (χ1v) is 11.0. The summed E-state index contributed by atoms with van der Waals surface area (Å²) < 4.78 is 12.0. The van der Waals surface area contributed by atoms with Crippen molar-refractivity contribution in [1.29, 1.82) is 0 Å². The summed E-state index contributed by atoms with van der Waals surface area (Å²) in [5.74, 6) is 0.886. The maximum Gasteiger partial charge on any atom is 0.263 e. The summed E-state index contributed by atoms with van der Waals surface area (Å²) in [6, 6.07) is 13.1. The number of nitrogens with one attached hydrogen (secondary N) is 1. The fourth-order valence-electron chi connectivity index (χ4n) is 3.48. The second kappa shape index (κ2) is 9.23. The Bertz CT molecular complexity index is 1330. The quantitative estimate of drug-likeness (QED) is 0.454. The fraction of sp³-hybridized carbons (Fsp3) is 0.208. The van der Waals surface area contributed by atoms with Gasteiger partial charge in [0, 0.05) is 16.6 Å². The summed E-state index contributed by atoms with van der Waals surface area (Å²) in [5, 5.41) is 5.20. The fourth-order valence-corrected chi connectivity index (χ4v) is 4.38. The second-order valence-electron chi connectivity index (χ2n) is 7.18. The molecule has 0 aliphatic heterocycles. The highest BCUT2D eigenvalue weighted by Crippen LogP contribution is 2.36. The molecule has 164 valence electrons. The monoisotopic (exact) mass is 449 g/mol. The van der Waals surface area contributed by atoms with Crippen LogP contribution in [0.25, 0.3) is 21.3 Å². The Labute approximate surface area is 189 Å². The number of benzene rings is 2. The number of rotatable bonds is 7. The SMILES string of the molecule is CCc1ccc(NC(=O)Cn2cnc3scc(-c4ccc(OC)c(OC)c4)c3c2=O)cc1. The third kappa shape index (κ3) is 4.22. The van der Waals surface area contributed by atoms with Crippen LogP contribution in [0.1, 0.15) is 12.5 Å². The summed E-state index contributed by atoms with van der Waals surface area (Å²) in [5.41, 5.74) is 3.17. The van der Waals surface area contributed by atoms with Gasteiger partial charge in [0.1, 0.15) is 11.4 Å². The molecule has 0 saturated carbocycles. The van der Waals surface area contributed by atoms with E-state index in [0.717, 1.165) is 17.5 Å². The minimum absolute atomic E-state index is 0.126. The van der Waals surface area contributed by atoms with Gasteiger partial charge in [0.05, 0.1) is 25.9 Å². The van der Waals surface area contributed by atoms with Gasteiger partial charge < -0.3 is 14.8 Å². The van der Waals surface area contributed by atoms with E-state index in [9.17, 15) is 9.59 Å². The van der Waals surface area contributed by atoms with Crippen molar-refractivity contribution in [3.8, 4) is 22.6 Å². The maximum absolute atomic E-state index is 13.2. The van der Waals surface area contributed by atoms with Gasteiger partial charge in [-0.2, -0.15) is 0 Å². The molecule has 7 nitrogen and oxygen atoms in total. The average Bonchev–Trinajstić information content (AvgIpc) is 3.26. The minimum Gasteiger partial charge on any atom is -0.493 e. The number of amides is 1. The van der Waals surface area contributed by atoms with Gasteiger partial charge in [0.2, 0.25) is 5.91 Å². The number of anilines is 1. The third-order valence-corrected chi connectivity index (χ3v) is 6.10. The molecule has 0 unspecified atom stereocenters. The van der Waals surface area contributed by atoms with Crippen LogP contribution in [0.2, 0.25) is 0 Å². The van der Waals surface area contributed by atoms with Gasteiger partial charge in [-0.3, -0.25) is 14.2 Å². The molecule has 0 spiro atoms. The summed E-state index contributed by atoms with van der Waals surface area (Å²) >= 11 is 1.38. The highest BCUT2D eigenvalue weighted by atomic mass is 32.1. The van der Waals surface area contributed by atoms with Gasteiger partial charge in [-0.05, 0) is 41.8 Å². The van der Waals surface area contributed by atoms with Crippen LogP contribution in [0.4, 0.5) is 5.69 Å². The summed E-state index contributed by atoms with van der Waals surface area (Å²) in [6.45, 7) is 1.95. The molecule has 0 atom stereocenters. The Hall–Kier alpha value is -3.65. The van der Waals surface area contributed by atoms with Gasteiger partial charge in [-0.25, -0.2) is 4.98 Å². The molecular formula is C24H23N3O4S. The van der Waals surface area contributed by atoms with Crippen molar-refractivity contribution in [2.75, 3.05) is 19.5 Å². The van der Waals surface area contributed by atoms with Crippen LogP contribution in [-0.2, 0) is 17.8 Å². The lowest BCUT2D eigenvalue weighted by Crippen LogP contribution is -2.27. The Morgan fingerprint density at radius 1 is 1.09 bits per heavy atom. The number of aryl methyl sites for hydroxylation is 1. The van der Waals surface area contributed by atoms with Crippen LogP contribution in [0.3, 0.4) is 0 Å². The van der Waals surface area contributed by atoms with E-state index in [0.29, 0.717) is 27.4 Å². The molecular weight excluding hydrogens is 426 g/mol. The lowest BCUT2D eigenvalue weighted by Gasteiger charge is -2.10. The predicted octanol–water partition coefficient (Wildman–Crippen LogP) is 4.34. The number of carbonyl (C=O) groups is 1. The Kier molecular flexibility index (Phi) is 6.23. The standard InChI is InChI=1S/C24H23N3O4S/c1-4-15-5-8-17(9-6-15)26-21(28)12-27-14-25-23-22(24(27)29)18(13-32-23)16-7-10-19(30-2)20(11-16)31-3/h5-11,13-14H,4,12H2,1-3H3,(H,26,28). The lowest BCUT2D eigenvalue weighted by molar-refractivity contribution is -0.116. The normalized spacial score (nSPS) is 10.8. The van der Waals surface area contributed by atoms with E-state index in [1.54, 1.807) is 20.3 Å². The number of aromatic nitrogens is 2. The van der Waals surface area contributed by atoms with Crippen LogP contribution < -0.4 is 20.3 Å². The van der Waals surface area contributed by atoms with Crippen molar-refractivity contribution in [3.05, 3.63) is 70.1 Å². The Morgan fingerprint density at radius 2 is 1.84 bits per heavy atom. The van der Waals surface area contributed by atoms with E-state index in [2.05, 4.69) is 17.2 Å². The number of nitrogens with zero attached hydrogens (tertiary/aromatic N) is 2. The van der Waals surface area contributed by atoms with Crippen molar-refractivity contribution in [2.45, 2.75) is 19.9 Å². The lowest BCUT2D eigenvalue weighted by atomic mass is 10.1. The molecule has 4 rings (SSSR count). The molecule has 8 heteroatoms. The maximum atomic E-state index is 13.2. The number of ether oxygens (including phenoxy) is 2. The van der Waals surface area contributed by atoms with Crippen LogP contribution in [0, 0.1) is 0 Å². The van der Waals surface area contributed by atoms with Crippen LogP contribution >= 0.6 is 11.3 Å². The first-order chi connectivity index (χ1) is 15.5. The first kappa shape index (κ1) is 21.6. The molecule has 2 aromatic carbocycles.